The van der Waals surface area contributed by atoms with Gasteiger partial charge in [0.2, 0.25) is 0 Å². The highest BCUT2D eigenvalue weighted by atomic mass is 16.6. The number of hydrazine groups is 1. The third kappa shape index (κ3) is 3.96. The number of hydrogen-bond donors (Lipinski definition) is 2. The summed E-state index contributed by atoms with van der Waals surface area (Å²) in [6, 6.07) is 2.76. The van der Waals surface area contributed by atoms with Crippen molar-refractivity contribution in [3.05, 3.63) is 27.8 Å². The lowest BCUT2D eigenvalue weighted by molar-refractivity contribution is -0.385. The van der Waals surface area contributed by atoms with E-state index < -0.39 is 16.9 Å². The van der Waals surface area contributed by atoms with Crippen LogP contribution < -0.4 is 20.7 Å². The van der Waals surface area contributed by atoms with Crippen molar-refractivity contribution in [2.24, 2.45) is 5.84 Å². The van der Waals surface area contributed by atoms with Crippen molar-refractivity contribution >= 4 is 11.8 Å². The average molecular weight is 299 g/mol. The maximum Gasteiger partial charge on any atom is 0.421 e. The van der Waals surface area contributed by atoms with Crippen LogP contribution in [-0.4, -0.2) is 31.8 Å². The zero-order valence-corrected chi connectivity index (χ0v) is 11.9. The molecule has 0 fully saturated rings. The Balaban J connectivity index is 3.13. The maximum absolute atomic E-state index is 11.2. The molecule has 0 aromatic heterocycles. The first kappa shape index (κ1) is 16.5. The number of carbonyl (C=O) groups excluding carboxylic acids is 1. The minimum atomic E-state index is -0.815. The second kappa shape index (κ2) is 7.29. The van der Waals surface area contributed by atoms with E-state index in [0.29, 0.717) is 11.3 Å². The molecule has 1 aromatic carbocycles. The van der Waals surface area contributed by atoms with Crippen molar-refractivity contribution in [2.45, 2.75) is 12.8 Å². The molecule has 0 spiro atoms. The van der Waals surface area contributed by atoms with Crippen LogP contribution in [0.4, 0.5) is 10.5 Å². The highest BCUT2D eigenvalue weighted by molar-refractivity contribution is 5.66. The van der Waals surface area contributed by atoms with E-state index in [2.05, 4.69) is 0 Å². The Morgan fingerprint density at radius 2 is 1.95 bits per heavy atom. The van der Waals surface area contributed by atoms with Gasteiger partial charge in [0, 0.05) is 11.5 Å². The molecule has 0 aliphatic carbocycles. The SMILES string of the molecule is COc1cc(C(C)COC(=O)NN)c([N+](=O)[O-])cc1OC. The van der Waals surface area contributed by atoms with Crippen molar-refractivity contribution in [3.63, 3.8) is 0 Å². The summed E-state index contributed by atoms with van der Waals surface area (Å²) in [6.07, 6.45) is -0.815. The molecule has 0 heterocycles. The summed E-state index contributed by atoms with van der Waals surface area (Å²) in [5.41, 5.74) is 2.03. The molecule has 116 valence electrons. The maximum atomic E-state index is 11.2. The van der Waals surface area contributed by atoms with Gasteiger partial charge in [-0.05, 0) is 6.07 Å². The number of nitrogens with two attached hydrogens (primary N) is 1. The average Bonchev–Trinajstić information content (AvgIpc) is 2.50. The quantitative estimate of drug-likeness (QED) is 0.351. The minimum absolute atomic E-state index is 0.0701. The van der Waals surface area contributed by atoms with Gasteiger partial charge in [0.25, 0.3) is 5.69 Å². The van der Waals surface area contributed by atoms with Crippen LogP contribution in [-0.2, 0) is 4.74 Å². The number of nitro benzene ring substituents is 1. The lowest BCUT2D eigenvalue weighted by atomic mass is 9.99. The summed E-state index contributed by atoms with van der Waals surface area (Å²) in [5.74, 6) is 5.07. The van der Waals surface area contributed by atoms with E-state index in [-0.39, 0.29) is 18.0 Å². The van der Waals surface area contributed by atoms with Gasteiger partial charge in [0.1, 0.15) is 6.61 Å². The Morgan fingerprint density at radius 1 is 1.38 bits per heavy atom. The monoisotopic (exact) mass is 299 g/mol. The van der Waals surface area contributed by atoms with E-state index >= 15 is 0 Å². The van der Waals surface area contributed by atoms with Crippen LogP contribution in [0.5, 0.6) is 11.5 Å². The standard InChI is InChI=1S/C12H17N3O6/c1-7(6-21-12(16)14-13)8-4-10(19-2)11(20-3)5-9(8)15(17)18/h4-5,7H,6,13H2,1-3H3,(H,14,16). The second-order valence-corrected chi connectivity index (χ2v) is 4.17. The summed E-state index contributed by atoms with van der Waals surface area (Å²) >= 11 is 0. The molecule has 1 rings (SSSR count). The van der Waals surface area contributed by atoms with Gasteiger partial charge in [-0.2, -0.15) is 0 Å². The summed E-state index contributed by atoms with van der Waals surface area (Å²) in [6.45, 7) is 1.61. The topological polar surface area (TPSA) is 126 Å². The molecule has 3 N–H and O–H groups in total. The summed E-state index contributed by atoms with van der Waals surface area (Å²) < 4.78 is 15.0. The number of nitrogens with one attached hydrogen (secondary N) is 1. The molecule has 0 aliphatic heterocycles. The zero-order chi connectivity index (χ0) is 16.0. The fraction of sp³-hybridized carbons (Fsp3) is 0.417. The van der Waals surface area contributed by atoms with Gasteiger partial charge in [0.15, 0.2) is 11.5 Å². The Hall–Kier alpha value is -2.55. The molecular weight excluding hydrogens is 282 g/mol. The highest BCUT2D eigenvalue weighted by Crippen LogP contribution is 2.37. The molecule has 0 bridgehead atoms. The van der Waals surface area contributed by atoms with Crippen LogP contribution in [0, 0.1) is 10.1 Å². The van der Waals surface area contributed by atoms with E-state index in [1.165, 1.54) is 26.4 Å². The molecule has 1 aromatic rings. The normalized spacial score (nSPS) is 11.4. The van der Waals surface area contributed by atoms with Gasteiger partial charge < -0.3 is 14.2 Å². The fourth-order valence-electron chi connectivity index (χ4n) is 1.77. The number of amides is 1. The van der Waals surface area contributed by atoms with Gasteiger partial charge in [0.05, 0.1) is 25.2 Å². The van der Waals surface area contributed by atoms with Crippen LogP contribution in [0.3, 0.4) is 0 Å². The largest absolute Gasteiger partial charge is 0.493 e. The Morgan fingerprint density at radius 3 is 2.43 bits per heavy atom. The van der Waals surface area contributed by atoms with Crippen molar-refractivity contribution in [3.8, 4) is 11.5 Å². The second-order valence-electron chi connectivity index (χ2n) is 4.17. The van der Waals surface area contributed by atoms with Gasteiger partial charge in [-0.25, -0.2) is 10.6 Å². The fourth-order valence-corrected chi connectivity index (χ4v) is 1.77. The first-order valence-corrected chi connectivity index (χ1v) is 5.98. The first-order chi connectivity index (χ1) is 9.94. The summed E-state index contributed by atoms with van der Waals surface area (Å²) in [4.78, 5) is 21.6. The van der Waals surface area contributed by atoms with Crippen molar-refractivity contribution < 1.29 is 23.9 Å². The Labute approximate surface area is 121 Å². The van der Waals surface area contributed by atoms with Gasteiger partial charge in [-0.3, -0.25) is 15.5 Å². The van der Waals surface area contributed by atoms with E-state index in [4.69, 9.17) is 20.1 Å². The van der Waals surface area contributed by atoms with E-state index in [9.17, 15) is 14.9 Å². The molecular formula is C12H17N3O6. The number of benzene rings is 1. The molecule has 9 nitrogen and oxygen atoms in total. The number of hydrogen-bond acceptors (Lipinski definition) is 7. The van der Waals surface area contributed by atoms with E-state index in [1.807, 2.05) is 5.43 Å². The van der Waals surface area contributed by atoms with E-state index in [0.717, 1.165) is 0 Å². The highest BCUT2D eigenvalue weighted by Gasteiger charge is 2.24. The third-order valence-corrected chi connectivity index (χ3v) is 2.84. The molecule has 0 aliphatic rings. The molecule has 0 saturated carbocycles. The number of ether oxygens (including phenoxy) is 3. The van der Waals surface area contributed by atoms with Crippen molar-refractivity contribution in [1.29, 1.82) is 0 Å². The number of nitro groups is 1. The molecule has 0 radical (unpaired) electrons. The number of carbonyl (C=O) groups is 1. The van der Waals surface area contributed by atoms with Crippen LogP contribution in [0.2, 0.25) is 0 Å². The molecule has 1 amide bonds. The minimum Gasteiger partial charge on any atom is -0.493 e. The number of rotatable bonds is 6. The Kier molecular flexibility index (Phi) is 5.73. The summed E-state index contributed by atoms with van der Waals surface area (Å²) in [7, 11) is 2.82. The first-order valence-electron chi connectivity index (χ1n) is 5.98. The van der Waals surface area contributed by atoms with Crippen LogP contribution >= 0.6 is 0 Å². The van der Waals surface area contributed by atoms with Crippen LogP contribution in [0.1, 0.15) is 18.4 Å². The van der Waals surface area contributed by atoms with Crippen molar-refractivity contribution in [2.75, 3.05) is 20.8 Å². The molecule has 9 heteroatoms. The molecule has 1 unspecified atom stereocenters. The van der Waals surface area contributed by atoms with Gasteiger partial charge >= 0.3 is 6.09 Å². The number of methoxy groups -OCH3 is 2. The van der Waals surface area contributed by atoms with Crippen LogP contribution in [0.15, 0.2) is 12.1 Å². The zero-order valence-electron chi connectivity index (χ0n) is 11.9. The lowest BCUT2D eigenvalue weighted by Crippen LogP contribution is -2.31. The molecule has 1 atom stereocenters. The smallest absolute Gasteiger partial charge is 0.421 e. The molecule has 0 saturated heterocycles. The van der Waals surface area contributed by atoms with Crippen LogP contribution in [0.25, 0.3) is 0 Å². The van der Waals surface area contributed by atoms with Gasteiger partial charge in [-0.15, -0.1) is 0 Å². The van der Waals surface area contributed by atoms with Crippen molar-refractivity contribution in [1.82, 2.24) is 5.43 Å². The predicted octanol–water partition coefficient (Wildman–Crippen LogP) is 1.32. The summed E-state index contributed by atoms with van der Waals surface area (Å²) in [5, 5.41) is 11.2. The lowest BCUT2D eigenvalue weighted by Gasteiger charge is -2.15. The van der Waals surface area contributed by atoms with E-state index in [1.54, 1.807) is 6.92 Å². The number of nitrogens with zero attached hydrogens (tertiary/aromatic N) is 1. The third-order valence-electron chi connectivity index (χ3n) is 2.84. The predicted molar refractivity (Wildman–Crippen MR) is 73.3 cm³/mol. The Bertz CT molecular complexity index is 534. The molecule has 21 heavy (non-hydrogen) atoms. The van der Waals surface area contributed by atoms with Gasteiger partial charge in [-0.1, -0.05) is 6.92 Å².